The molecular weight excluding hydrogens is 309 g/mol. The third-order valence-corrected chi connectivity index (χ3v) is 2.50. The van der Waals surface area contributed by atoms with Gasteiger partial charge in [-0.05, 0) is 5.56 Å². The molecule has 2 rings (SSSR count). The van der Waals surface area contributed by atoms with Gasteiger partial charge in [0, 0.05) is 0 Å². The van der Waals surface area contributed by atoms with E-state index in [0.29, 0.717) is 0 Å². The monoisotopic (exact) mass is 320 g/mol. The average molecular weight is 320 g/mol. The minimum atomic E-state index is -2.98. The molecule has 0 aliphatic carbocycles. The standard InChI is InChI=1S/C14H11F2O4.K/c15-14(16)11-6-10(18)13(12(7-17)20-11)19-8-9-4-2-1-3-5-9;/h1-5,14,17H,7-8H2;/q-1;+1. The van der Waals surface area contributed by atoms with Gasteiger partial charge in [0.2, 0.25) is 0 Å². The summed E-state index contributed by atoms with van der Waals surface area (Å²) in [5.41, 5.74) is -0.0831. The zero-order valence-electron chi connectivity index (χ0n) is 11.3. The molecule has 0 bridgehead atoms. The van der Waals surface area contributed by atoms with Crippen LogP contribution in [0.3, 0.4) is 0 Å². The molecule has 0 aliphatic heterocycles. The van der Waals surface area contributed by atoms with Crippen LogP contribution in [0.2, 0.25) is 0 Å². The molecule has 0 saturated carbocycles. The van der Waals surface area contributed by atoms with Gasteiger partial charge in [-0.3, -0.25) is 0 Å². The Hall–Kier alpha value is -0.574. The van der Waals surface area contributed by atoms with Crippen molar-refractivity contribution in [3.8, 4) is 5.75 Å². The van der Waals surface area contributed by atoms with Crippen molar-refractivity contribution in [3.05, 3.63) is 63.7 Å². The second-order valence-corrected chi connectivity index (χ2v) is 3.91. The van der Waals surface area contributed by atoms with Gasteiger partial charge in [0.1, 0.15) is 0 Å². The van der Waals surface area contributed by atoms with Gasteiger partial charge in [0.15, 0.2) is 0 Å². The molecule has 21 heavy (non-hydrogen) atoms. The summed E-state index contributed by atoms with van der Waals surface area (Å²) in [5.74, 6) is -1.55. The van der Waals surface area contributed by atoms with E-state index in [1.807, 2.05) is 12.1 Å². The molecule has 1 aromatic carbocycles. The van der Waals surface area contributed by atoms with E-state index in [-0.39, 0.29) is 69.5 Å². The van der Waals surface area contributed by atoms with Gasteiger partial charge in [-0.15, -0.1) is 0 Å². The number of aliphatic hydroxyl groups is 1. The van der Waals surface area contributed by atoms with Crippen molar-refractivity contribution in [1.29, 1.82) is 0 Å². The second kappa shape index (κ2) is 8.77. The zero-order chi connectivity index (χ0) is 14.5. The van der Waals surface area contributed by atoms with Gasteiger partial charge in [-0.2, -0.15) is 6.07 Å². The Morgan fingerprint density at radius 1 is 1.29 bits per heavy atom. The molecule has 0 spiro atoms. The molecule has 0 amide bonds. The molecule has 1 N–H and O–H groups in total. The Kier molecular flexibility index (Phi) is 7.71. The first-order chi connectivity index (χ1) is 9.61. The zero-order valence-corrected chi connectivity index (χ0v) is 14.4. The molecule has 7 heteroatoms. The van der Waals surface area contributed by atoms with Crippen molar-refractivity contribution < 1.29 is 74.4 Å². The van der Waals surface area contributed by atoms with E-state index < -0.39 is 24.2 Å². The van der Waals surface area contributed by atoms with E-state index in [2.05, 4.69) is 0 Å². The van der Waals surface area contributed by atoms with Crippen molar-refractivity contribution in [2.75, 3.05) is 0 Å². The van der Waals surface area contributed by atoms with E-state index in [9.17, 15) is 13.6 Å². The largest absolute Gasteiger partial charge is 1.00 e. The summed E-state index contributed by atoms with van der Waals surface area (Å²) < 4.78 is 34.9. The summed E-state index contributed by atoms with van der Waals surface area (Å²) in [5, 5.41) is 9.07. The fourth-order valence-electron chi connectivity index (χ4n) is 1.58. The van der Waals surface area contributed by atoms with Crippen LogP contribution in [0.1, 0.15) is 23.5 Å². The fourth-order valence-corrected chi connectivity index (χ4v) is 1.58. The molecule has 4 nitrogen and oxygen atoms in total. The molecular formula is C14H11F2KO4. The van der Waals surface area contributed by atoms with Gasteiger partial charge in [-0.25, -0.2) is 8.78 Å². The minimum Gasteiger partial charge on any atom is -0.568 e. The molecule has 0 fully saturated rings. The summed E-state index contributed by atoms with van der Waals surface area (Å²) in [6.07, 6.45) is -2.98. The van der Waals surface area contributed by atoms with Crippen molar-refractivity contribution in [1.82, 2.24) is 0 Å². The first kappa shape index (κ1) is 18.5. The summed E-state index contributed by atoms with van der Waals surface area (Å²) in [6, 6.07) is 10.8. The summed E-state index contributed by atoms with van der Waals surface area (Å²) in [7, 11) is 0. The van der Waals surface area contributed by atoms with Crippen molar-refractivity contribution in [3.63, 3.8) is 0 Å². The third kappa shape index (κ3) is 4.98. The number of halogens is 2. The van der Waals surface area contributed by atoms with E-state index >= 15 is 0 Å². The predicted molar refractivity (Wildman–Crippen MR) is 65.5 cm³/mol. The molecule has 0 unspecified atom stereocenters. The smallest absolute Gasteiger partial charge is 0.568 e. The third-order valence-electron chi connectivity index (χ3n) is 2.50. The SMILES string of the molecule is O=c1[c-]c(C(F)F)oc(CO)c1OCc1ccccc1.[K+]. The van der Waals surface area contributed by atoms with Gasteiger partial charge < -0.3 is 19.1 Å². The van der Waals surface area contributed by atoms with E-state index in [0.717, 1.165) is 5.56 Å². The van der Waals surface area contributed by atoms with Crippen molar-refractivity contribution in [2.45, 2.75) is 19.6 Å². The Bertz CT molecular complexity index is 629. The number of rotatable bonds is 5. The Labute approximate surface area is 162 Å². The molecule has 0 atom stereocenters. The summed E-state index contributed by atoms with van der Waals surface area (Å²) >= 11 is 0. The van der Waals surface area contributed by atoms with Crippen LogP contribution in [-0.2, 0) is 13.2 Å². The number of hydrogen-bond donors (Lipinski definition) is 1. The topological polar surface area (TPSA) is 59.7 Å². The van der Waals surface area contributed by atoms with Crippen LogP contribution in [0, 0.1) is 6.07 Å². The molecule has 2 aromatic rings. The molecule has 0 saturated heterocycles. The Morgan fingerprint density at radius 2 is 1.95 bits per heavy atom. The fraction of sp³-hybridized carbons (Fsp3) is 0.214. The number of alkyl halides is 2. The summed E-state index contributed by atoms with van der Waals surface area (Å²) in [4.78, 5) is 11.7. The van der Waals surface area contributed by atoms with Crippen LogP contribution in [0.4, 0.5) is 8.78 Å². The number of benzene rings is 1. The van der Waals surface area contributed by atoms with E-state index in [4.69, 9.17) is 14.3 Å². The number of ether oxygens (including phenoxy) is 1. The maximum Gasteiger partial charge on any atom is 1.00 e. The van der Waals surface area contributed by atoms with Crippen LogP contribution in [0.5, 0.6) is 5.75 Å². The van der Waals surface area contributed by atoms with Crippen LogP contribution in [0.25, 0.3) is 0 Å². The van der Waals surface area contributed by atoms with Gasteiger partial charge in [0.25, 0.3) is 6.43 Å². The van der Waals surface area contributed by atoms with Crippen LogP contribution in [0.15, 0.2) is 39.5 Å². The van der Waals surface area contributed by atoms with Crippen LogP contribution < -0.4 is 61.6 Å². The molecule has 0 radical (unpaired) electrons. The Morgan fingerprint density at radius 3 is 2.52 bits per heavy atom. The Balaban J connectivity index is 0.00000220. The normalized spacial score (nSPS) is 10.3. The van der Waals surface area contributed by atoms with Gasteiger partial charge in [-0.1, -0.05) is 30.3 Å². The van der Waals surface area contributed by atoms with Gasteiger partial charge in [0.05, 0.1) is 35.9 Å². The first-order valence-corrected chi connectivity index (χ1v) is 5.76. The first-order valence-electron chi connectivity index (χ1n) is 5.76. The van der Waals surface area contributed by atoms with Gasteiger partial charge >= 0.3 is 51.4 Å². The molecule has 0 aliphatic rings. The number of hydrogen-bond acceptors (Lipinski definition) is 4. The minimum absolute atomic E-state index is 0. The molecule has 106 valence electrons. The predicted octanol–water partition coefficient (Wildman–Crippen LogP) is -0.547. The van der Waals surface area contributed by atoms with Crippen molar-refractivity contribution in [2.24, 2.45) is 0 Å². The maximum absolute atomic E-state index is 12.5. The van der Waals surface area contributed by atoms with E-state index in [1.54, 1.807) is 24.3 Å². The van der Waals surface area contributed by atoms with Crippen LogP contribution >= 0.6 is 0 Å². The number of aliphatic hydroxyl groups excluding tert-OH is 1. The maximum atomic E-state index is 12.5. The van der Waals surface area contributed by atoms with Crippen molar-refractivity contribution >= 4 is 0 Å². The van der Waals surface area contributed by atoms with Crippen LogP contribution in [-0.4, -0.2) is 5.11 Å². The van der Waals surface area contributed by atoms with E-state index in [1.165, 1.54) is 0 Å². The second-order valence-electron chi connectivity index (χ2n) is 3.91. The quantitative estimate of drug-likeness (QED) is 0.593. The average Bonchev–Trinajstić information content (AvgIpc) is 2.46. The molecule has 1 heterocycles. The summed E-state index contributed by atoms with van der Waals surface area (Å²) in [6.45, 7) is -0.659. The molecule has 1 aromatic heterocycles.